The first-order valence-electron chi connectivity index (χ1n) is 6.46. The maximum Gasteiger partial charge on any atom is 0.310 e. The molecule has 0 saturated carbocycles. The van der Waals surface area contributed by atoms with Crippen molar-refractivity contribution >= 4 is 33.2 Å². The maximum atomic E-state index is 11.7. The van der Waals surface area contributed by atoms with Gasteiger partial charge in [-0.25, -0.2) is 0 Å². The summed E-state index contributed by atoms with van der Waals surface area (Å²) in [5.74, 6) is 0.333. The van der Waals surface area contributed by atoms with Crippen LogP contribution in [0.2, 0.25) is 0 Å². The molecule has 0 saturated heterocycles. The lowest BCUT2D eigenvalue weighted by atomic mass is 10.2. The van der Waals surface area contributed by atoms with Gasteiger partial charge in [0.2, 0.25) is 5.89 Å². The van der Waals surface area contributed by atoms with Crippen molar-refractivity contribution in [3.05, 3.63) is 57.0 Å². The zero-order chi connectivity index (χ0) is 15.4. The lowest BCUT2D eigenvalue weighted by molar-refractivity contribution is -0.144. The molecular weight excluding hydrogens is 368 g/mol. The van der Waals surface area contributed by atoms with Crippen LogP contribution >= 0.6 is 27.3 Å². The minimum Gasteiger partial charge on any atom is -0.455 e. The molecule has 1 aromatic carbocycles. The van der Waals surface area contributed by atoms with Crippen LogP contribution < -0.4 is 0 Å². The molecule has 0 N–H and O–H groups in total. The van der Waals surface area contributed by atoms with Gasteiger partial charge in [0.1, 0.15) is 0 Å². The molecule has 0 fully saturated rings. The number of carbonyl (C=O) groups excluding carboxylic acids is 1. The fourth-order valence-electron chi connectivity index (χ4n) is 1.81. The van der Waals surface area contributed by atoms with Gasteiger partial charge in [-0.2, -0.15) is 11.3 Å². The van der Waals surface area contributed by atoms with E-state index in [1.165, 1.54) is 0 Å². The van der Waals surface area contributed by atoms with Crippen molar-refractivity contribution in [1.82, 2.24) is 10.2 Å². The summed E-state index contributed by atoms with van der Waals surface area (Å²) < 4.78 is 11.5. The Morgan fingerprint density at radius 2 is 2.14 bits per heavy atom. The summed E-state index contributed by atoms with van der Waals surface area (Å²) in [5, 5.41) is 11.7. The highest BCUT2D eigenvalue weighted by atomic mass is 79.9. The van der Waals surface area contributed by atoms with E-state index < -0.39 is 0 Å². The number of halogens is 1. The van der Waals surface area contributed by atoms with Gasteiger partial charge in [0.15, 0.2) is 6.61 Å². The number of hydrogen-bond donors (Lipinski definition) is 0. The predicted octanol–water partition coefficient (Wildman–Crippen LogP) is 3.85. The predicted molar refractivity (Wildman–Crippen MR) is 85.3 cm³/mol. The van der Waals surface area contributed by atoms with Crippen LogP contribution in [-0.2, 0) is 22.6 Å². The molecule has 2 aromatic heterocycles. The van der Waals surface area contributed by atoms with Gasteiger partial charge in [-0.15, -0.1) is 10.2 Å². The largest absolute Gasteiger partial charge is 0.455 e. The third kappa shape index (κ3) is 3.61. The van der Waals surface area contributed by atoms with Gasteiger partial charge in [-0.05, 0) is 50.5 Å². The summed E-state index contributed by atoms with van der Waals surface area (Å²) in [6.07, 6.45) is 0.245. The number of hydrogen-bond acceptors (Lipinski definition) is 6. The van der Waals surface area contributed by atoms with Gasteiger partial charge < -0.3 is 9.15 Å². The van der Waals surface area contributed by atoms with Gasteiger partial charge in [0.25, 0.3) is 5.89 Å². The number of rotatable bonds is 5. The van der Waals surface area contributed by atoms with Crippen LogP contribution in [0.5, 0.6) is 0 Å². The minimum atomic E-state index is -0.320. The second-order valence-electron chi connectivity index (χ2n) is 4.45. The number of nitrogens with zero attached hydrogens (tertiary/aromatic N) is 2. The smallest absolute Gasteiger partial charge is 0.310 e. The summed E-state index contributed by atoms with van der Waals surface area (Å²) in [5.41, 5.74) is 1.74. The highest BCUT2D eigenvalue weighted by Crippen LogP contribution is 2.26. The number of esters is 1. The zero-order valence-electron chi connectivity index (χ0n) is 11.4. The van der Waals surface area contributed by atoms with E-state index in [9.17, 15) is 4.79 Å². The van der Waals surface area contributed by atoms with E-state index in [0.717, 1.165) is 15.6 Å². The summed E-state index contributed by atoms with van der Waals surface area (Å²) in [4.78, 5) is 11.7. The van der Waals surface area contributed by atoms with E-state index in [1.54, 1.807) is 11.3 Å². The van der Waals surface area contributed by atoms with Crippen molar-refractivity contribution in [2.24, 2.45) is 0 Å². The van der Waals surface area contributed by atoms with Crippen LogP contribution in [0.4, 0.5) is 0 Å². The molecule has 0 atom stereocenters. The van der Waals surface area contributed by atoms with E-state index in [0.29, 0.717) is 5.89 Å². The topological polar surface area (TPSA) is 65.2 Å². The molecule has 112 valence electrons. The molecule has 0 aliphatic carbocycles. The van der Waals surface area contributed by atoms with E-state index in [2.05, 4.69) is 26.1 Å². The molecular formula is C15H11BrN2O3S. The van der Waals surface area contributed by atoms with Gasteiger partial charge in [-0.1, -0.05) is 12.1 Å². The maximum absolute atomic E-state index is 11.7. The Labute approximate surface area is 139 Å². The van der Waals surface area contributed by atoms with Crippen molar-refractivity contribution in [3.63, 3.8) is 0 Å². The van der Waals surface area contributed by atoms with Crippen LogP contribution in [0, 0.1) is 0 Å². The van der Waals surface area contributed by atoms with Crippen molar-refractivity contribution in [3.8, 4) is 11.5 Å². The summed E-state index contributed by atoms with van der Waals surface area (Å²) in [7, 11) is 0. The average Bonchev–Trinajstić information content (AvgIpc) is 3.17. The third-order valence-electron chi connectivity index (χ3n) is 2.86. The van der Waals surface area contributed by atoms with Gasteiger partial charge in [0.05, 0.1) is 12.0 Å². The van der Waals surface area contributed by atoms with Crippen LogP contribution in [-0.4, -0.2) is 16.2 Å². The van der Waals surface area contributed by atoms with E-state index in [-0.39, 0.29) is 24.9 Å². The molecule has 0 bridgehead atoms. The monoisotopic (exact) mass is 378 g/mol. The van der Waals surface area contributed by atoms with Crippen molar-refractivity contribution < 1.29 is 13.9 Å². The number of carbonyl (C=O) groups is 1. The quantitative estimate of drug-likeness (QED) is 0.630. The molecule has 0 amide bonds. The second kappa shape index (κ2) is 6.85. The van der Waals surface area contributed by atoms with Gasteiger partial charge in [-0.3, -0.25) is 4.79 Å². The first kappa shape index (κ1) is 14.9. The Balaban J connectivity index is 1.60. The minimum absolute atomic E-state index is 0.0274. The molecule has 3 rings (SSSR count). The molecule has 3 aromatic rings. The average molecular weight is 379 g/mol. The van der Waals surface area contributed by atoms with E-state index in [1.807, 2.05) is 41.1 Å². The summed E-state index contributed by atoms with van der Waals surface area (Å²) in [6.45, 7) is -0.0274. The molecule has 7 heteroatoms. The molecule has 5 nitrogen and oxygen atoms in total. The summed E-state index contributed by atoms with van der Waals surface area (Å²) in [6, 6.07) is 9.43. The molecule has 0 aliphatic rings. The highest BCUT2D eigenvalue weighted by molar-refractivity contribution is 9.10. The second-order valence-corrected chi connectivity index (χ2v) is 6.08. The Bertz CT molecular complexity index is 771. The van der Waals surface area contributed by atoms with Crippen LogP contribution in [0.25, 0.3) is 11.5 Å². The fourth-order valence-corrected chi connectivity index (χ4v) is 2.93. The van der Waals surface area contributed by atoms with Crippen molar-refractivity contribution in [2.75, 3.05) is 0 Å². The van der Waals surface area contributed by atoms with Gasteiger partial charge in [0, 0.05) is 4.47 Å². The molecule has 0 unspecified atom stereocenters. The van der Waals surface area contributed by atoms with Crippen LogP contribution in [0.15, 0.2) is 50.0 Å². The molecule has 0 radical (unpaired) electrons. The number of benzene rings is 1. The van der Waals surface area contributed by atoms with E-state index in [4.69, 9.17) is 9.15 Å². The number of aromatic nitrogens is 2. The zero-order valence-corrected chi connectivity index (χ0v) is 13.8. The molecule has 2 heterocycles. The fraction of sp³-hybridized carbons (Fsp3) is 0.133. The van der Waals surface area contributed by atoms with Crippen molar-refractivity contribution in [2.45, 2.75) is 13.0 Å². The van der Waals surface area contributed by atoms with Crippen molar-refractivity contribution in [1.29, 1.82) is 0 Å². The number of thiophene rings is 1. The SMILES string of the molecule is O=C(Cc1ccsc1)OCc1nnc(-c2ccccc2Br)o1. The molecule has 22 heavy (non-hydrogen) atoms. The Kier molecular flexibility index (Phi) is 4.65. The first-order valence-corrected chi connectivity index (χ1v) is 8.20. The lowest BCUT2D eigenvalue weighted by Gasteiger charge is -2.00. The first-order chi connectivity index (χ1) is 10.7. The third-order valence-corrected chi connectivity index (χ3v) is 4.28. The standard InChI is InChI=1S/C15H11BrN2O3S/c16-12-4-2-1-3-11(12)15-18-17-13(21-15)8-20-14(19)7-10-5-6-22-9-10/h1-6,9H,7-8H2. The number of ether oxygens (including phenoxy) is 1. The van der Waals surface area contributed by atoms with Gasteiger partial charge >= 0.3 is 5.97 Å². The van der Waals surface area contributed by atoms with Crippen LogP contribution in [0.3, 0.4) is 0 Å². The Morgan fingerprint density at radius 3 is 2.91 bits per heavy atom. The lowest BCUT2D eigenvalue weighted by Crippen LogP contribution is -2.07. The van der Waals surface area contributed by atoms with Crippen LogP contribution in [0.1, 0.15) is 11.5 Å². The highest BCUT2D eigenvalue weighted by Gasteiger charge is 2.13. The Hall–Kier alpha value is -1.99. The normalized spacial score (nSPS) is 10.6. The summed E-state index contributed by atoms with van der Waals surface area (Å²) >= 11 is 4.97. The Morgan fingerprint density at radius 1 is 1.27 bits per heavy atom. The molecule has 0 aliphatic heterocycles. The molecule has 0 spiro atoms. The van der Waals surface area contributed by atoms with E-state index >= 15 is 0 Å².